The molecule has 2 aromatic heterocycles. The summed E-state index contributed by atoms with van der Waals surface area (Å²) in [4.78, 5) is 11.8. The van der Waals surface area contributed by atoms with Crippen LogP contribution in [-0.4, -0.2) is 32.5 Å². The summed E-state index contributed by atoms with van der Waals surface area (Å²) in [5, 5.41) is 3.07. The van der Waals surface area contributed by atoms with E-state index in [0.29, 0.717) is 12.1 Å². The fourth-order valence-electron chi connectivity index (χ4n) is 2.58. The molecule has 0 atom stereocenters. The second kappa shape index (κ2) is 6.58. The number of anilines is 1. The quantitative estimate of drug-likeness (QED) is 0.870. The Kier molecular flexibility index (Phi) is 4.67. The predicted molar refractivity (Wildman–Crippen MR) is 88.9 cm³/mol. The maximum Gasteiger partial charge on any atom is 0.433 e. The average Bonchev–Trinajstić information content (AvgIpc) is 2.54. The SMILES string of the molecule is CSC1(CNc2cc(C(F)(F)F)nc(-c3cccnc3)n2)CCC1. The lowest BCUT2D eigenvalue weighted by molar-refractivity contribution is -0.141. The summed E-state index contributed by atoms with van der Waals surface area (Å²) >= 11 is 1.75. The maximum absolute atomic E-state index is 13.1. The molecule has 0 aliphatic heterocycles. The van der Waals surface area contributed by atoms with Gasteiger partial charge in [-0.15, -0.1) is 0 Å². The third-order valence-electron chi connectivity index (χ3n) is 4.23. The van der Waals surface area contributed by atoms with Gasteiger partial charge in [-0.2, -0.15) is 24.9 Å². The van der Waals surface area contributed by atoms with E-state index >= 15 is 0 Å². The van der Waals surface area contributed by atoms with Crippen molar-refractivity contribution in [3.05, 3.63) is 36.3 Å². The zero-order chi connectivity index (χ0) is 17.2. The van der Waals surface area contributed by atoms with Crippen molar-refractivity contribution in [1.29, 1.82) is 0 Å². The Labute approximate surface area is 142 Å². The molecule has 3 rings (SSSR count). The van der Waals surface area contributed by atoms with Crippen LogP contribution in [0.2, 0.25) is 0 Å². The molecule has 0 amide bonds. The summed E-state index contributed by atoms with van der Waals surface area (Å²) in [6.07, 6.45) is 3.79. The summed E-state index contributed by atoms with van der Waals surface area (Å²) in [5.41, 5.74) is -0.500. The Morgan fingerprint density at radius 1 is 1.29 bits per heavy atom. The van der Waals surface area contributed by atoms with E-state index in [1.54, 1.807) is 30.1 Å². The molecule has 1 aliphatic rings. The van der Waals surface area contributed by atoms with Crippen molar-refractivity contribution in [2.45, 2.75) is 30.2 Å². The summed E-state index contributed by atoms with van der Waals surface area (Å²) in [6.45, 7) is 0.592. The first-order valence-corrected chi connectivity index (χ1v) is 8.80. The number of halogens is 3. The highest BCUT2D eigenvalue weighted by atomic mass is 32.2. The summed E-state index contributed by atoms with van der Waals surface area (Å²) < 4.78 is 39.5. The topological polar surface area (TPSA) is 50.7 Å². The fraction of sp³-hybridized carbons (Fsp3) is 0.438. The van der Waals surface area contributed by atoms with Crippen LogP contribution in [0.3, 0.4) is 0 Å². The molecule has 1 aliphatic carbocycles. The molecule has 0 aromatic carbocycles. The van der Waals surface area contributed by atoms with Crippen molar-refractivity contribution >= 4 is 17.6 Å². The van der Waals surface area contributed by atoms with Gasteiger partial charge in [0.25, 0.3) is 0 Å². The van der Waals surface area contributed by atoms with Crippen molar-refractivity contribution in [1.82, 2.24) is 15.0 Å². The van der Waals surface area contributed by atoms with Crippen LogP contribution in [0, 0.1) is 0 Å². The van der Waals surface area contributed by atoms with E-state index in [1.807, 2.05) is 6.26 Å². The van der Waals surface area contributed by atoms with Crippen LogP contribution < -0.4 is 5.32 Å². The molecule has 1 fully saturated rings. The van der Waals surface area contributed by atoms with Crippen LogP contribution in [0.15, 0.2) is 30.6 Å². The summed E-state index contributed by atoms with van der Waals surface area (Å²) in [5.74, 6) is 0.212. The van der Waals surface area contributed by atoms with E-state index in [0.717, 1.165) is 25.3 Å². The first-order chi connectivity index (χ1) is 11.4. The summed E-state index contributed by atoms with van der Waals surface area (Å²) in [7, 11) is 0. The largest absolute Gasteiger partial charge is 0.433 e. The maximum atomic E-state index is 13.1. The molecule has 24 heavy (non-hydrogen) atoms. The lowest BCUT2D eigenvalue weighted by Crippen LogP contribution is -2.40. The molecule has 0 radical (unpaired) electrons. The summed E-state index contributed by atoms with van der Waals surface area (Å²) in [6, 6.07) is 4.25. The number of nitrogens with one attached hydrogen (secondary N) is 1. The monoisotopic (exact) mass is 354 g/mol. The molecule has 2 heterocycles. The van der Waals surface area contributed by atoms with Crippen LogP contribution in [0.5, 0.6) is 0 Å². The highest BCUT2D eigenvalue weighted by molar-refractivity contribution is 8.00. The number of hydrogen-bond acceptors (Lipinski definition) is 5. The average molecular weight is 354 g/mol. The minimum atomic E-state index is -4.52. The van der Waals surface area contributed by atoms with E-state index in [2.05, 4.69) is 20.3 Å². The number of thioether (sulfide) groups is 1. The first-order valence-electron chi connectivity index (χ1n) is 7.58. The van der Waals surface area contributed by atoms with Gasteiger partial charge in [-0.3, -0.25) is 4.98 Å². The van der Waals surface area contributed by atoms with Gasteiger partial charge in [-0.05, 0) is 31.2 Å². The number of hydrogen-bond donors (Lipinski definition) is 1. The molecular weight excluding hydrogens is 337 g/mol. The van der Waals surface area contributed by atoms with Gasteiger partial charge in [-0.1, -0.05) is 6.42 Å². The van der Waals surface area contributed by atoms with Crippen LogP contribution in [0.25, 0.3) is 11.4 Å². The van der Waals surface area contributed by atoms with Crippen molar-refractivity contribution in [2.75, 3.05) is 18.1 Å². The minimum Gasteiger partial charge on any atom is -0.369 e. The smallest absolute Gasteiger partial charge is 0.369 e. The van der Waals surface area contributed by atoms with Crippen molar-refractivity contribution in [2.24, 2.45) is 0 Å². The molecule has 4 nitrogen and oxygen atoms in total. The fourth-order valence-corrected chi connectivity index (χ4v) is 3.50. The highest BCUT2D eigenvalue weighted by Crippen LogP contribution is 2.42. The molecule has 0 saturated heterocycles. The number of alkyl halides is 3. The zero-order valence-corrected chi connectivity index (χ0v) is 13.9. The Morgan fingerprint density at radius 2 is 2.08 bits per heavy atom. The van der Waals surface area contributed by atoms with E-state index in [9.17, 15) is 13.2 Å². The van der Waals surface area contributed by atoms with Gasteiger partial charge in [0.1, 0.15) is 5.82 Å². The molecule has 1 N–H and O–H groups in total. The Morgan fingerprint density at radius 3 is 2.62 bits per heavy atom. The molecule has 2 aromatic rings. The number of aromatic nitrogens is 3. The van der Waals surface area contributed by atoms with E-state index in [-0.39, 0.29) is 16.4 Å². The van der Waals surface area contributed by atoms with Crippen LogP contribution in [0.1, 0.15) is 25.0 Å². The van der Waals surface area contributed by atoms with Crippen molar-refractivity contribution in [3.63, 3.8) is 0 Å². The van der Waals surface area contributed by atoms with Crippen molar-refractivity contribution in [3.8, 4) is 11.4 Å². The molecule has 1 saturated carbocycles. The van der Waals surface area contributed by atoms with Gasteiger partial charge in [0.05, 0.1) is 0 Å². The lowest BCUT2D eigenvalue weighted by Gasteiger charge is -2.40. The number of nitrogens with zero attached hydrogens (tertiary/aromatic N) is 3. The molecule has 128 valence electrons. The van der Waals surface area contributed by atoms with Crippen LogP contribution >= 0.6 is 11.8 Å². The number of pyridine rings is 1. The van der Waals surface area contributed by atoms with Gasteiger partial charge >= 0.3 is 6.18 Å². The second-order valence-electron chi connectivity index (χ2n) is 5.80. The second-order valence-corrected chi connectivity index (χ2v) is 7.07. The third kappa shape index (κ3) is 3.63. The van der Waals surface area contributed by atoms with E-state index in [1.165, 1.54) is 6.20 Å². The Balaban J connectivity index is 1.90. The molecule has 8 heteroatoms. The molecule has 0 unspecified atom stereocenters. The van der Waals surface area contributed by atoms with Crippen LogP contribution in [0.4, 0.5) is 19.0 Å². The Hall–Kier alpha value is -1.83. The van der Waals surface area contributed by atoms with Crippen molar-refractivity contribution < 1.29 is 13.2 Å². The molecule has 0 bridgehead atoms. The van der Waals surface area contributed by atoms with E-state index in [4.69, 9.17) is 0 Å². The van der Waals surface area contributed by atoms with Gasteiger partial charge in [0, 0.05) is 35.3 Å². The normalized spacial score (nSPS) is 16.5. The van der Waals surface area contributed by atoms with Crippen LogP contribution in [-0.2, 0) is 6.18 Å². The van der Waals surface area contributed by atoms with Gasteiger partial charge < -0.3 is 5.32 Å². The highest BCUT2D eigenvalue weighted by Gasteiger charge is 2.37. The number of rotatable bonds is 5. The first kappa shape index (κ1) is 17.0. The lowest BCUT2D eigenvalue weighted by atomic mass is 9.84. The Bertz CT molecular complexity index is 697. The van der Waals surface area contributed by atoms with Gasteiger partial charge in [0.2, 0.25) is 0 Å². The standard InChI is InChI=1S/C16H17F3N4S/c1-24-15(5-3-6-15)10-21-13-8-12(16(17,18)19)22-14(23-13)11-4-2-7-20-9-11/h2,4,7-9H,3,5-6,10H2,1H3,(H,21,22,23). The molecular formula is C16H17F3N4S. The van der Waals surface area contributed by atoms with Gasteiger partial charge in [0.15, 0.2) is 11.5 Å². The molecule has 0 spiro atoms. The third-order valence-corrected chi connectivity index (χ3v) is 5.64. The zero-order valence-electron chi connectivity index (χ0n) is 13.1. The predicted octanol–water partition coefficient (Wildman–Crippen LogP) is 4.26. The van der Waals surface area contributed by atoms with Gasteiger partial charge in [-0.25, -0.2) is 9.97 Å². The van der Waals surface area contributed by atoms with E-state index < -0.39 is 11.9 Å². The minimum absolute atomic E-state index is 0.0206.